The molecule has 2 aliphatic rings. The van der Waals surface area contributed by atoms with E-state index in [1.807, 2.05) is 13.8 Å². The number of urea groups is 1. The lowest BCUT2D eigenvalue weighted by Gasteiger charge is -2.23. The summed E-state index contributed by atoms with van der Waals surface area (Å²) in [5.74, 6) is 0.986. The molecule has 0 atom stereocenters. The number of hydrogen-bond acceptors (Lipinski definition) is 5. The van der Waals surface area contributed by atoms with Crippen LogP contribution in [0.3, 0.4) is 0 Å². The summed E-state index contributed by atoms with van der Waals surface area (Å²) in [6, 6.07) is 4.51. The lowest BCUT2D eigenvalue weighted by Crippen LogP contribution is -2.44. The average molecular weight is 369 g/mol. The highest BCUT2D eigenvalue weighted by Gasteiger charge is 2.29. The Kier molecular flexibility index (Phi) is 5.05. The predicted octanol–water partition coefficient (Wildman–Crippen LogP) is 1.23. The molecule has 1 aromatic carbocycles. The molecule has 1 fully saturated rings. The van der Waals surface area contributed by atoms with E-state index in [1.54, 1.807) is 11.0 Å². The summed E-state index contributed by atoms with van der Waals surface area (Å²) in [6.45, 7) is 5.43. The van der Waals surface area contributed by atoms with E-state index in [-0.39, 0.29) is 30.3 Å². The van der Waals surface area contributed by atoms with Crippen LogP contribution < -0.4 is 14.8 Å². The first-order valence-corrected chi connectivity index (χ1v) is 9.77. The number of sulfonamides is 1. The summed E-state index contributed by atoms with van der Waals surface area (Å²) in [5.41, 5.74) is 0. The summed E-state index contributed by atoms with van der Waals surface area (Å²) in [4.78, 5) is 14.0. The quantitative estimate of drug-likeness (QED) is 0.866. The van der Waals surface area contributed by atoms with Crippen LogP contribution in [0, 0.1) is 0 Å². The second kappa shape index (κ2) is 7.09. The average Bonchev–Trinajstić information content (AvgIpc) is 2.87. The Balaban J connectivity index is 1.72. The minimum absolute atomic E-state index is 0.0456. The normalized spacial score (nSPS) is 18.3. The Morgan fingerprint density at radius 1 is 1.12 bits per heavy atom. The third kappa shape index (κ3) is 3.82. The van der Waals surface area contributed by atoms with Crippen LogP contribution in [0.2, 0.25) is 0 Å². The second-order valence-corrected chi connectivity index (χ2v) is 8.30. The van der Waals surface area contributed by atoms with E-state index in [4.69, 9.17) is 9.47 Å². The van der Waals surface area contributed by atoms with Gasteiger partial charge in [-0.2, -0.15) is 4.31 Å². The molecule has 1 saturated heterocycles. The van der Waals surface area contributed by atoms with E-state index in [0.29, 0.717) is 37.6 Å². The number of carbonyl (C=O) groups excluding carboxylic acids is 1. The van der Waals surface area contributed by atoms with Crippen molar-refractivity contribution in [3.63, 3.8) is 0 Å². The van der Waals surface area contributed by atoms with E-state index in [0.717, 1.165) is 0 Å². The lowest BCUT2D eigenvalue weighted by atomic mass is 10.3. The zero-order valence-corrected chi connectivity index (χ0v) is 15.2. The van der Waals surface area contributed by atoms with E-state index < -0.39 is 10.0 Å². The molecular weight excluding hydrogens is 346 g/mol. The number of amides is 2. The van der Waals surface area contributed by atoms with Gasteiger partial charge in [0.05, 0.1) is 4.90 Å². The van der Waals surface area contributed by atoms with Crippen LogP contribution in [0.4, 0.5) is 4.79 Å². The van der Waals surface area contributed by atoms with Crippen LogP contribution in [0.25, 0.3) is 0 Å². The first-order chi connectivity index (χ1) is 11.9. The predicted molar refractivity (Wildman–Crippen MR) is 91.2 cm³/mol. The Hall–Kier alpha value is -2.00. The molecule has 8 nitrogen and oxygen atoms in total. The number of hydrogen-bond donors (Lipinski definition) is 1. The summed E-state index contributed by atoms with van der Waals surface area (Å²) in [5, 5.41) is 2.84. The van der Waals surface area contributed by atoms with Gasteiger partial charge >= 0.3 is 6.03 Å². The van der Waals surface area contributed by atoms with Crippen molar-refractivity contribution in [1.82, 2.24) is 14.5 Å². The van der Waals surface area contributed by atoms with Gasteiger partial charge in [0.1, 0.15) is 0 Å². The van der Waals surface area contributed by atoms with E-state index in [1.165, 1.54) is 16.4 Å². The SMILES string of the molecule is CC(C)NC(=O)N1CCCN(S(=O)(=O)c2ccc3c(c2)OCO3)CC1. The monoisotopic (exact) mass is 369 g/mol. The maximum atomic E-state index is 12.9. The Morgan fingerprint density at radius 3 is 2.64 bits per heavy atom. The summed E-state index contributed by atoms with van der Waals surface area (Å²) >= 11 is 0. The van der Waals surface area contributed by atoms with Crippen LogP contribution in [-0.2, 0) is 10.0 Å². The third-order valence-corrected chi connectivity index (χ3v) is 6.03. The van der Waals surface area contributed by atoms with E-state index in [2.05, 4.69) is 5.32 Å². The van der Waals surface area contributed by atoms with Crippen molar-refractivity contribution in [2.45, 2.75) is 31.2 Å². The molecule has 0 bridgehead atoms. The number of rotatable bonds is 3. The second-order valence-electron chi connectivity index (χ2n) is 6.36. The molecule has 2 heterocycles. The number of nitrogens with zero attached hydrogens (tertiary/aromatic N) is 2. The maximum Gasteiger partial charge on any atom is 0.317 e. The molecule has 138 valence electrons. The Bertz CT molecular complexity index is 750. The molecule has 0 spiro atoms. The van der Waals surface area contributed by atoms with Gasteiger partial charge < -0.3 is 19.7 Å². The first kappa shape index (κ1) is 17.8. The summed E-state index contributed by atoms with van der Waals surface area (Å²) in [6.07, 6.45) is 0.593. The van der Waals surface area contributed by atoms with Crippen molar-refractivity contribution in [3.8, 4) is 11.5 Å². The van der Waals surface area contributed by atoms with Crippen LogP contribution in [0.15, 0.2) is 23.1 Å². The van der Waals surface area contributed by atoms with Gasteiger partial charge in [-0.25, -0.2) is 13.2 Å². The zero-order chi connectivity index (χ0) is 18.0. The van der Waals surface area contributed by atoms with Crippen molar-refractivity contribution >= 4 is 16.1 Å². The Labute approximate surface area is 147 Å². The van der Waals surface area contributed by atoms with Crippen molar-refractivity contribution < 1.29 is 22.7 Å². The van der Waals surface area contributed by atoms with Crippen LogP contribution in [0.1, 0.15) is 20.3 Å². The largest absolute Gasteiger partial charge is 0.454 e. The highest BCUT2D eigenvalue weighted by molar-refractivity contribution is 7.89. The fraction of sp³-hybridized carbons (Fsp3) is 0.562. The van der Waals surface area contributed by atoms with Gasteiger partial charge in [0.25, 0.3) is 0 Å². The van der Waals surface area contributed by atoms with Gasteiger partial charge in [-0.3, -0.25) is 0 Å². The molecule has 3 rings (SSSR count). The number of benzene rings is 1. The van der Waals surface area contributed by atoms with Gasteiger partial charge in [-0.05, 0) is 32.4 Å². The van der Waals surface area contributed by atoms with Crippen molar-refractivity contribution in [2.75, 3.05) is 33.0 Å². The molecule has 0 radical (unpaired) electrons. The summed E-state index contributed by atoms with van der Waals surface area (Å²) in [7, 11) is -3.64. The van der Waals surface area contributed by atoms with Gasteiger partial charge in [0, 0.05) is 38.3 Å². The van der Waals surface area contributed by atoms with Gasteiger partial charge in [-0.15, -0.1) is 0 Å². The van der Waals surface area contributed by atoms with Crippen LogP contribution in [-0.4, -0.2) is 62.7 Å². The minimum Gasteiger partial charge on any atom is -0.454 e. The molecule has 2 amide bonds. The van der Waals surface area contributed by atoms with E-state index >= 15 is 0 Å². The fourth-order valence-corrected chi connectivity index (χ4v) is 4.35. The molecule has 2 aliphatic heterocycles. The zero-order valence-electron chi connectivity index (χ0n) is 14.4. The first-order valence-electron chi connectivity index (χ1n) is 8.33. The fourth-order valence-electron chi connectivity index (χ4n) is 2.86. The molecule has 0 aromatic heterocycles. The van der Waals surface area contributed by atoms with E-state index in [9.17, 15) is 13.2 Å². The van der Waals surface area contributed by atoms with Gasteiger partial charge in [-0.1, -0.05) is 0 Å². The van der Waals surface area contributed by atoms with Gasteiger partial charge in [0.15, 0.2) is 11.5 Å². The van der Waals surface area contributed by atoms with Crippen LogP contribution >= 0.6 is 0 Å². The maximum absolute atomic E-state index is 12.9. The summed E-state index contributed by atoms with van der Waals surface area (Å²) < 4.78 is 37.7. The van der Waals surface area contributed by atoms with Crippen molar-refractivity contribution in [2.24, 2.45) is 0 Å². The van der Waals surface area contributed by atoms with Crippen LogP contribution in [0.5, 0.6) is 11.5 Å². The number of nitrogens with one attached hydrogen (secondary N) is 1. The standard InChI is InChI=1S/C16H23N3O5S/c1-12(2)17-16(20)18-6-3-7-19(9-8-18)25(21,22)13-4-5-14-15(10-13)24-11-23-14/h4-5,10,12H,3,6-9,11H2,1-2H3,(H,17,20). The number of fused-ring (bicyclic) bond motifs is 1. The molecule has 25 heavy (non-hydrogen) atoms. The Morgan fingerprint density at radius 2 is 1.88 bits per heavy atom. The third-order valence-electron chi connectivity index (χ3n) is 4.14. The molecule has 9 heteroatoms. The highest BCUT2D eigenvalue weighted by atomic mass is 32.2. The molecule has 0 unspecified atom stereocenters. The smallest absolute Gasteiger partial charge is 0.317 e. The van der Waals surface area contributed by atoms with Crippen molar-refractivity contribution in [3.05, 3.63) is 18.2 Å². The lowest BCUT2D eigenvalue weighted by molar-refractivity contribution is 0.174. The van der Waals surface area contributed by atoms with Gasteiger partial charge in [0.2, 0.25) is 16.8 Å². The molecule has 1 N–H and O–H groups in total. The highest BCUT2D eigenvalue weighted by Crippen LogP contribution is 2.34. The van der Waals surface area contributed by atoms with Crippen molar-refractivity contribution in [1.29, 1.82) is 0 Å². The number of ether oxygens (including phenoxy) is 2. The number of carbonyl (C=O) groups is 1. The minimum atomic E-state index is -3.64. The molecule has 0 saturated carbocycles. The topological polar surface area (TPSA) is 88.2 Å². The molecule has 0 aliphatic carbocycles. The molecular formula is C16H23N3O5S. The molecule has 1 aromatic rings.